The first-order valence-electron chi connectivity index (χ1n) is 6.30. The summed E-state index contributed by atoms with van der Waals surface area (Å²) in [5.41, 5.74) is 1.09. The van der Waals surface area contributed by atoms with Crippen LogP contribution in [0.25, 0.3) is 0 Å². The van der Waals surface area contributed by atoms with Gasteiger partial charge in [-0.05, 0) is 12.0 Å². The molecule has 0 heterocycles. The normalized spacial score (nSPS) is 20.8. The summed E-state index contributed by atoms with van der Waals surface area (Å²) in [7, 11) is 0. The van der Waals surface area contributed by atoms with Gasteiger partial charge in [0.15, 0.2) is 0 Å². The van der Waals surface area contributed by atoms with Gasteiger partial charge in [-0.1, -0.05) is 30.3 Å². The van der Waals surface area contributed by atoms with Crippen molar-refractivity contribution in [3.8, 4) is 0 Å². The molecule has 102 valence electrons. The van der Waals surface area contributed by atoms with Gasteiger partial charge in [0.25, 0.3) is 0 Å². The van der Waals surface area contributed by atoms with E-state index >= 15 is 0 Å². The van der Waals surface area contributed by atoms with E-state index in [4.69, 9.17) is 9.84 Å². The number of nitrogens with one attached hydrogen (secondary N) is 1. The molecule has 1 aromatic rings. The fourth-order valence-electron chi connectivity index (χ4n) is 1.90. The molecule has 1 aliphatic rings. The second-order valence-corrected chi connectivity index (χ2v) is 4.62. The summed E-state index contributed by atoms with van der Waals surface area (Å²) in [6.45, 7) is 1.34. The number of aliphatic carboxylic acids is 1. The SMILES string of the molecule is O=C(O)C1CC1C(=O)NCCOCc1ccccc1. The number of carbonyl (C=O) groups excluding carboxylic acids is 1. The van der Waals surface area contributed by atoms with E-state index in [1.807, 2.05) is 30.3 Å². The zero-order valence-corrected chi connectivity index (χ0v) is 10.5. The number of rotatable bonds is 7. The number of carboxylic acid groups (broad SMARTS) is 1. The van der Waals surface area contributed by atoms with Crippen LogP contribution in [0.5, 0.6) is 0 Å². The van der Waals surface area contributed by atoms with E-state index in [-0.39, 0.29) is 11.8 Å². The standard InChI is InChI=1S/C14H17NO4/c16-13(11-8-12(11)14(17)18)15-6-7-19-9-10-4-2-1-3-5-10/h1-5,11-12H,6-9H2,(H,15,16)(H,17,18). The predicted octanol–water partition coefficient (Wildman–Crippen LogP) is 1.04. The highest BCUT2D eigenvalue weighted by atomic mass is 16.5. The Morgan fingerprint density at radius 2 is 2.00 bits per heavy atom. The molecule has 0 aliphatic heterocycles. The summed E-state index contributed by atoms with van der Waals surface area (Å²) < 4.78 is 5.41. The molecule has 2 atom stereocenters. The van der Waals surface area contributed by atoms with Gasteiger partial charge in [-0.15, -0.1) is 0 Å². The van der Waals surface area contributed by atoms with Crippen molar-refractivity contribution in [2.24, 2.45) is 11.8 Å². The lowest BCUT2D eigenvalue weighted by molar-refractivity contribution is -0.140. The largest absolute Gasteiger partial charge is 0.481 e. The zero-order valence-electron chi connectivity index (χ0n) is 10.5. The Kier molecular flexibility index (Phi) is 4.52. The van der Waals surface area contributed by atoms with Crippen LogP contribution < -0.4 is 5.32 Å². The van der Waals surface area contributed by atoms with Crippen LogP contribution in [0.1, 0.15) is 12.0 Å². The van der Waals surface area contributed by atoms with Crippen LogP contribution in [0.4, 0.5) is 0 Å². The Morgan fingerprint density at radius 3 is 2.63 bits per heavy atom. The number of benzene rings is 1. The van der Waals surface area contributed by atoms with Crippen LogP contribution in [-0.4, -0.2) is 30.1 Å². The second-order valence-electron chi connectivity index (χ2n) is 4.62. The van der Waals surface area contributed by atoms with E-state index < -0.39 is 11.9 Å². The molecule has 5 nitrogen and oxygen atoms in total. The van der Waals surface area contributed by atoms with Crippen LogP contribution in [0.3, 0.4) is 0 Å². The Bertz CT molecular complexity index is 446. The minimum Gasteiger partial charge on any atom is -0.481 e. The molecule has 2 N–H and O–H groups in total. The predicted molar refractivity (Wildman–Crippen MR) is 68.3 cm³/mol. The number of carbonyl (C=O) groups is 2. The molecular formula is C14H17NO4. The van der Waals surface area contributed by atoms with Crippen molar-refractivity contribution in [3.63, 3.8) is 0 Å². The van der Waals surface area contributed by atoms with Crippen LogP contribution in [-0.2, 0) is 20.9 Å². The van der Waals surface area contributed by atoms with E-state index in [2.05, 4.69) is 5.32 Å². The third-order valence-electron chi connectivity index (χ3n) is 3.10. The minimum atomic E-state index is -0.888. The molecule has 1 aliphatic carbocycles. The van der Waals surface area contributed by atoms with Crippen molar-refractivity contribution >= 4 is 11.9 Å². The van der Waals surface area contributed by atoms with Gasteiger partial charge in [-0.25, -0.2) is 0 Å². The molecule has 2 unspecified atom stereocenters. The van der Waals surface area contributed by atoms with Gasteiger partial charge in [0.05, 0.1) is 25.0 Å². The summed E-state index contributed by atoms with van der Waals surface area (Å²) in [6.07, 6.45) is 0.450. The lowest BCUT2D eigenvalue weighted by Gasteiger charge is -2.06. The number of amides is 1. The third kappa shape index (κ3) is 4.06. The molecule has 1 fully saturated rings. The monoisotopic (exact) mass is 263 g/mol. The average Bonchev–Trinajstić information content (AvgIpc) is 3.20. The topological polar surface area (TPSA) is 75.6 Å². The molecule has 0 aromatic heterocycles. The zero-order chi connectivity index (χ0) is 13.7. The van der Waals surface area contributed by atoms with E-state index in [1.54, 1.807) is 0 Å². The molecule has 0 spiro atoms. The highest BCUT2D eigenvalue weighted by Crippen LogP contribution is 2.38. The van der Waals surface area contributed by atoms with Crippen molar-refractivity contribution in [1.82, 2.24) is 5.32 Å². The molecule has 1 saturated carbocycles. The van der Waals surface area contributed by atoms with Crippen molar-refractivity contribution in [2.45, 2.75) is 13.0 Å². The van der Waals surface area contributed by atoms with Crippen LogP contribution in [0.15, 0.2) is 30.3 Å². The van der Waals surface area contributed by atoms with Crippen LogP contribution in [0.2, 0.25) is 0 Å². The molecule has 1 amide bonds. The molecule has 2 rings (SSSR count). The van der Waals surface area contributed by atoms with Gasteiger partial charge < -0.3 is 15.2 Å². The van der Waals surface area contributed by atoms with Gasteiger partial charge in [0.1, 0.15) is 0 Å². The van der Waals surface area contributed by atoms with Gasteiger partial charge >= 0.3 is 5.97 Å². The van der Waals surface area contributed by atoms with E-state index in [0.29, 0.717) is 26.2 Å². The first-order chi connectivity index (χ1) is 9.18. The number of carboxylic acids is 1. The minimum absolute atomic E-state index is 0.185. The molecule has 5 heteroatoms. The van der Waals surface area contributed by atoms with Crippen molar-refractivity contribution < 1.29 is 19.4 Å². The lowest BCUT2D eigenvalue weighted by Crippen LogP contribution is -2.29. The van der Waals surface area contributed by atoms with Gasteiger partial charge in [0, 0.05) is 6.54 Å². The maximum absolute atomic E-state index is 11.5. The maximum atomic E-state index is 11.5. The number of hydrogen-bond donors (Lipinski definition) is 2. The molecule has 0 bridgehead atoms. The molecular weight excluding hydrogens is 246 g/mol. The molecule has 1 aromatic carbocycles. The Morgan fingerprint density at radius 1 is 1.26 bits per heavy atom. The fourth-order valence-corrected chi connectivity index (χ4v) is 1.90. The number of ether oxygens (including phenoxy) is 1. The first kappa shape index (κ1) is 13.5. The van der Waals surface area contributed by atoms with E-state index in [9.17, 15) is 9.59 Å². The molecule has 0 saturated heterocycles. The lowest BCUT2D eigenvalue weighted by atomic mass is 10.2. The van der Waals surface area contributed by atoms with Crippen molar-refractivity contribution in [3.05, 3.63) is 35.9 Å². The summed E-state index contributed by atoms with van der Waals surface area (Å²) in [5, 5.41) is 11.4. The molecule has 0 radical (unpaired) electrons. The number of hydrogen-bond acceptors (Lipinski definition) is 3. The van der Waals surface area contributed by atoms with Gasteiger partial charge in [-0.2, -0.15) is 0 Å². The smallest absolute Gasteiger partial charge is 0.307 e. The Balaban J connectivity index is 1.55. The highest BCUT2D eigenvalue weighted by molar-refractivity contribution is 5.89. The van der Waals surface area contributed by atoms with Gasteiger partial charge in [-0.3, -0.25) is 9.59 Å². The summed E-state index contributed by atoms with van der Waals surface area (Å²) in [4.78, 5) is 22.1. The summed E-state index contributed by atoms with van der Waals surface area (Å²) in [6, 6.07) is 9.78. The maximum Gasteiger partial charge on any atom is 0.307 e. The quantitative estimate of drug-likeness (QED) is 0.721. The highest BCUT2D eigenvalue weighted by Gasteiger charge is 2.48. The Hall–Kier alpha value is -1.88. The summed E-state index contributed by atoms with van der Waals surface area (Å²) in [5.74, 6) is -1.92. The Labute approximate surface area is 111 Å². The van der Waals surface area contributed by atoms with Crippen molar-refractivity contribution in [2.75, 3.05) is 13.2 Å². The van der Waals surface area contributed by atoms with E-state index in [0.717, 1.165) is 5.56 Å². The summed E-state index contributed by atoms with van der Waals surface area (Å²) >= 11 is 0. The van der Waals surface area contributed by atoms with Crippen molar-refractivity contribution in [1.29, 1.82) is 0 Å². The first-order valence-corrected chi connectivity index (χ1v) is 6.30. The van der Waals surface area contributed by atoms with E-state index in [1.165, 1.54) is 0 Å². The third-order valence-corrected chi connectivity index (χ3v) is 3.10. The molecule has 19 heavy (non-hydrogen) atoms. The fraction of sp³-hybridized carbons (Fsp3) is 0.429. The van der Waals surface area contributed by atoms with Crippen LogP contribution >= 0.6 is 0 Å². The van der Waals surface area contributed by atoms with Crippen LogP contribution in [0, 0.1) is 11.8 Å². The van der Waals surface area contributed by atoms with Gasteiger partial charge in [0.2, 0.25) is 5.91 Å². The average molecular weight is 263 g/mol. The second kappa shape index (κ2) is 6.33.